The van der Waals surface area contributed by atoms with Crippen molar-refractivity contribution in [2.24, 2.45) is 0 Å². The minimum absolute atomic E-state index is 0.00267. The monoisotopic (exact) mass is 324 g/mol. The summed E-state index contributed by atoms with van der Waals surface area (Å²) in [4.78, 5) is 13.1. The molecule has 2 rings (SSSR count). The molecule has 1 unspecified atom stereocenters. The maximum atomic E-state index is 4.54. The van der Waals surface area contributed by atoms with Crippen LogP contribution in [0.15, 0.2) is 17.0 Å². The van der Waals surface area contributed by atoms with Gasteiger partial charge in [0.05, 0.1) is 6.04 Å². The lowest BCUT2D eigenvalue weighted by molar-refractivity contribution is 0.543. The summed E-state index contributed by atoms with van der Waals surface area (Å²) in [5.41, 5.74) is -0.102. The summed E-state index contributed by atoms with van der Waals surface area (Å²) >= 11 is 3.42. The third-order valence-electron chi connectivity index (χ3n) is 2.57. The fraction of sp³-hybridized carbons (Fsp3) is 0.500. The number of hydrogen-bond acceptors (Lipinski definition) is 5. The van der Waals surface area contributed by atoms with Gasteiger partial charge >= 0.3 is 0 Å². The van der Waals surface area contributed by atoms with Gasteiger partial charge in [-0.1, -0.05) is 20.8 Å². The molecule has 7 heteroatoms. The summed E-state index contributed by atoms with van der Waals surface area (Å²) in [5, 5.41) is 9.96. The third-order valence-corrected chi connectivity index (χ3v) is 2.98. The SMILES string of the molecule is CC(Nc1cc(Br)nc(C(C)(C)C)n1)c1ncn[nH]1. The van der Waals surface area contributed by atoms with Gasteiger partial charge in [-0.2, -0.15) is 5.10 Å². The average molecular weight is 325 g/mol. The van der Waals surface area contributed by atoms with Gasteiger partial charge in [0.15, 0.2) is 0 Å². The van der Waals surface area contributed by atoms with Crippen molar-refractivity contribution in [2.75, 3.05) is 5.32 Å². The molecule has 2 aromatic rings. The molecular formula is C12H17BrN6. The second-order valence-electron chi connectivity index (χ2n) is 5.39. The Kier molecular flexibility index (Phi) is 3.84. The molecule has 2 aromatic heterocycles. The molecule has 1 atom stereocenters. The van der Waals surface area contributed by atoms with E-state index in [2.05, 4.69) is 67.2 Å². The lowest BCUT2D eigenvalue weighted by Crippen LogP contribution is -2.18. The molecule has 0 amide bonds. The van der Waals surface area contributed by atoms with E-state index in [1.807, 2.05) is 13.0 Å². The first-order chi connectivity index (χ1) is 8.86. The number of aromatic nitrogens is 5. The Labute approximate surface area is 120 Å². The standard InChI is InChI=1S/C12H17BrN6/c1-7(10-14-6-15-19-10)16-9-5-8(13)17-11(18-9)12(2,3)4/h5-7H,1-4H3,(H,14,15,19)(H,16,17,18). The lowest BCUT2D eigenvalue weighted by atomic mass is 9.96. The Hall–Kier alpha value is -1.50. The quantitative estimate of drug-likeness (QED) is 0.848. The average Bonchev–Trinajstić information content (AvgIpc) is 2.80. The first kappa shape index (κ1) is 13.9. The number of nitrogens with one attached hydrogen (secondary N) is 2. The van der Waals surface area contributed by atoms with Crippen molar-refractivity contribution in [1.82, 2.24) is 25.1 Å². The van der Waals surface area contributed by atoms with Gasteiger partial charge in [0, 0.05) is 11.5 Å². The smallest absolute Gasteiger partial charge is 0.146 e. The Morgan fingerprint density at radius 3 is 2.63 bits per heavy atom. The van der Waals surface area contributed by atoms with Gasteiger partial charge in [-0.3, -0.25) is 5.10 Å². The van der Waals surface area contributed by atoms with Crippen LogP contribution in [0.25, 0.3) is 0 Å². The highest BCUT2D eigenvalue weighted by Crippen LogP contribution is 2.24. The molecule has 0 saturated heterocycles. The normalized spacial score (nSPS) is 13.3. The number of aromatic amines is 1. The molecule has 0 radical (unpaired) electrons. The molecule has 0 spiro atoms. The van der Waals surface area contributed by atoms with E-state index in [0.717, 1.165) is 22.1 Å². The van der Waals surface area contributed by atoms with Gasteiger partial charge in [0.2, 0.25) is 0 Å². The van der Waals surface area contributed by atoms with Crippen LogP contribution in [0.4, 0.5) is 5.82 Å². The highest BCUT2D eigenvalue weighted by Gasteiger charge is 2.19. The van der Waals surface area contributed by atoms with Gasteiger partial charge in [-0.05, 0) is 22.9 Å². The summed E-state index contributed by atoms with van der Waals surface area (Å²) in [5.74, 6) is 2.32. The van der Waals surface area contributed by atoms with Crippen LogP contribution in [0.3, 0.4) is 0 Å². The van der Waals surface area contributed by atoms with Crippen LogP contribution in [0.1, 0.15) is 45.4 Å². The summed E-state index contributed by atoms with van der Waals surface area (Å²) in [6, 6.07) is 1.85. The van der Waals surface area contributed by atoms with Gasteiger partial charge in [-0.15, -0.1) is 0 Å². The molecule has 6 nitrogen and oxygen atoms in total. The van der Waals surface area contributed by atoms with E-state index < -0.39 is 0 Å². The van der Waals surface area contributed by atoms with Crippen molar-refractivity contribution < 1.29 is 0 Å². The van der Waals surface area contributed by atoms with E-state index in [0.29, 0.717) is 0 Å². The maximum Gasteiger partial charge on any atom is 0.146 e. The summed E-state index contributed by atoms with van der Waals surface area (Å²) in [6.45, 7) is 8.24. The predicted molar refractivity (Wildman–Crippen MR) is 76.9 cm³/mol. The van der Waals surface area contributed by atoms with Crippen molar-refractivity contribution in [3.05, 3.63) is 28.6 Å². The number of H-pyrrole nitrogens is 1. The minimum atomic E-state index is -0.102. The molecule has 0 aliphatic rings. The molecular weight excluding hydrogens is 308 g/mol. The number of anilines is 1. The van der Waals surface area contributed by atoms with E-state index in [9.17, 15) is 0 Å². The van der Waals surface area contributed by atoms with Crippen LogP contribution in [-0.2, 0) is 5.41 Å². The summed E-state index contributed by atoms with van der Waals surface area (Å²) in [7, 11) is 0. The molecule has 0 fully saturated rings. The highest BCUT2D eigenvalue weighted by atomic mass is 79.9. The zero-order chi connectivity index (χ0) is 14.0. The first-order valence-electron chi connectivity index (χ1n) is 6.03. The largest absolute Gasteiger partial charge is 0.360 e. The molecule has 2 N–H and O–H groups in total. The second kappa shape index (κ2) is 5.24. The number of nitrogens with zero attached hydrogens (tertiary/aromatic N) is 4. The van der Waals surface area contributed by atoms with Crippen molar-refractivity contribution in [1.29, 1.82) is 0 Å². The summed E-state index contributed by atoms with van der Waals surface area (Å²) < 4.78 is 0.764. The van der Waals surface area contributed by atoms with Crippen molar-refractivity contribution in [3.8, 4) is 0 Å². The van der Waals surface area contributed by atoms with E-state index in [1.54, 1.807) is 0 Å². The number of rotatable bonds is 3. The van der Waals surface area contributed by atoms with E-state index in [1.165, 1.54) is 6.33 Å². The summed E-state index contributed by atoms with van der Waals surface area (Å²) in [6.07, 6.45) is 1.49. The molecule has 0 aliphatic carbocycles. The maximum absolute atomic E-state index is 4.54. The van der Waals surface area contributed by atoms with Crippen LogP contribution < -0.4 is 5.32 Å². The van der Waals surface area contributed by atoms with Crippen LogP contribution in [0.5, 0.6) is 0 Å². The first-order valence-corrected chi connectivity index (χ1v) is 6.82. The van der Waals surface area contributed by atoms with Gasteiger partial charge < -0.3 is 5.32 Å². The molecule has 0 saturated carbocycles. The lowest BCUT2D eigenvalue weighted by Gasteiger charge is -2.19. The van der Waals surface area contributed by atoms with Crippen molar-refractivity contribution in [3.63, 3.8) is 0 Å². The third kappa shape index (κ3) is 3.50. The number of hydrogen-bond donors (Lipinski definition) is 2. The van der Waals surface area contributed by atoms with Gasteiger partial charge in [0.25, 0.3) is 0 Å². The molecule has 19 heavy (non-hydrogen) atoms. The topological polar surface area (TPSA) is 79.4 Å². The van der Waals surface area contributed by atoms with Crippen molar-refractivity contribution >= 4 is 21.7 Å². The Morgan fingerprint density at radius 2 is 2.05 bits per heavy atom. The van der Waals surface area contributed by atoms with E-state index in [4.69, 9.17) is 0 Å². The molecule has 2 heterocycles. The molecule has 0 aliphatic heterocycles. The molecule has 102 valence electrons. The fourth-order valence-electron chi connectivity index (χ4n) is 1.54. The highest BCUT2D eigenvalue weighted by molar-refractivity contribution is 9.10. The van der Waals surface area contributed by atoms with Crippen molar-refractivity contribution in [2.45, 2.75) is 39.2 Å². The zero-order valence-electron chi connectivity index (χ0n) is 11.4. The van der Waals surface area contributed by atoms with Crippen LogP contribution >= 0.6 is 15.9 Å². The minimum Gasteiger partial charge on any atom is -0.360 e. The Balaban J connectivity index is 2.23. The fourth-order valence-corrected chi connectivity index (χ4v) is 1.93. The van der Waals surface area contributed by atoms with Crippen LogP contribution in [0, 0.1) is 0 Å². The molecule has 0 bridgehead atoms. The predicted octanol–water partition coefficient (Wildman–Crippen LogP) is 2.83. The van der Waals surface area contributed by atoms with E-state index >= 15 is 0 Å². The van der Waals surface area contributed by atoms with Crippen LogP contribution in [0.2, 0.25) is 0 Å². The van der Waals surface area contributed by atoms with Gasteiger partial charge in [-0.25, -0.2) is 15.0 Å². The van der Waals surface area contributed by atoms with Crippen LogP contribution in [-0.4, -0.2) is 25.1 Å². The zero-order valence-corrected chi connectivity index (χ0v) is 13.0. The second-order valence-corrected chi connectivity index (χ2v) is 6.20. The molecule has 0 aromatic carbocycles. The Bertz CT molecular complexity index is 546. The number of halogens is 1. The Morgan fingerprint density at radius 1 is 1.32 bits per heavy atom. The van der Waals surface area contributed by atoms with E-state index in [-0.39, 0.29) is 11.5 Å². The van der Waals surface area contributed by atoms with Gasteiger partial charge in [0.1, 0.15) is 28.4 Å².